The standard InChI is InChI=1S/C25H23F3N2O5/c1-33-20-11-10-15(22(34-2)23(20)35-3)13-21(31)29-18-8-4-6-16(12-18)24(32)30-19-9-5-7-17(14-19)25(26,27)28/h4-12,14H,13H2,1-3H3,(H,29,31)(H,30,32). The van der Waals surface area contributed by atoms with Crippen molar-refractivity contribution in [1.29, 1.82) is 0 Å². The van der Waals surface area contributed by atoms with Gasteiger partial charge >= 0.3 is 6.18 Å². The number of benzene rings is 3. The van der Waals surface area contributed by atoms with Crippen LogP contribution in [0.3, 0.4) is 0 Å². The summed E-state index contributed by atoms with van der Waals surface area (Å²) in [5.41, 5.74) is 0.179. The van der Waals surface area contributed by atoms with E-state index < -0.39 is 17.6 Å². The Labute approximate surface area is 199 Å². The summed E-state index contributed by atoms with van der Waals surface area (Å²) in [6, 6.07) is 13.7. The van der Waals surface area contributed by atoms with Crippen molar-refractivity contribution >= 4 is 23.2 Å². The molecule has 10 heteroatoms. The van der Waals surface area contributed by atoms with Gasteiger partial charge in [-0.1, -0.05) is 18.2 Å². The lowest BCUT2D eigenvalue weighted by Gasteiger charge is -2.15. The highest BCUT2D eigenvalue weighted by Crippen LogP contribution is 2.40. The van der Waals surface area contributed by atoms with Crippen molar-refractivity contribution < 1.29 is 37.0 Å². The first kappa shape index (κ1) is 25.4. The average Bonchev–Trinajstić information content (AvgIpc) is 2.83. The molecular weight excluding hydrogens is 465 g/mol. The highest BCUT2D eigenvalue weighted by Gasteiger charge is 2.30. The number of rotatable bonds is 8. The molecule has 0 spiro atoms. The van der Waals surface area contributed by atoms with E-state index in [-0.39, 0.29) is 23.6 Å². The third-order valence-electron chi connectivity index (χ3n) is 4.99. The molecule has 0 aromatic heterocycles. The average molecular weight is 488 g/mol. The second-order valence-corrected chi connectivity index (χ2v) is 7.33. The van der Waals surface area contributed by atoms with Crippen molar-refractivity contribution in [3.8, 4) is 17.2 Å². The van der Waals surface area contributed by atoms with E-state index in [4.69, 9.17) is 14.2 Å². The topological polar surface area (TPSA) is 85.9 Å². The zero-order valence-corrected chi connectivity index (χ0v) is 19.2. The number of alkyl halides is 3. The Kier molecular flexibility index (Phi) is 7.85. The smallest absolute Gasteiger partial charge is 0.416 e. The number of hydrogen-bond acceptors (Lipinski definition) is 5. The molecule has 2 amide bonds. The van der Waals surface area contributed by atoms with Crippen molar-refractivity contribution in [2.24, 2.45) is 0 Å². The van der Waals surface area contributed by atoms with Crippen LogP contribution in [-0.4, -0.2) is 33.1 Å². The molecule has 0 atom stereocenters. The summed E-state index contributed by atoms with van der Waals surface area (Å²) in [7, 11) is 4.39. The summed E-state index contributed by atoms with van der Waals surface area (Å²) in [5, 5.41) is 5.14. The van der Waals surface area contributed by atoms with Gasteiger partial charge in [0.1, 0.15) is 0 Å². The van der Waals surface area contributed by atoms with Crippen molar-refractivity contribution in [3.63, 3.8) is 0 Å². The van der Waals surface area contributed by atoms with Gasteiger partial charge in [-0.05, 0) is 42.5 Å². The lowest BCUT2D eigenvalue weighted by atomic mass is 10.1. The highest BCUT2D eigenvalue weighted by atomic mass is 19.4. The van der Waals surface area contributed by atoms with Crippen molar-refractivity contribution in [2.45, 2.75) is 12.6 Å². The van der Waals surface area contributed by atoms with Crippen LogP contribution in [0, 0.1) is 0 Å². The Morgan fingerprint density at radius 1 is 0.800 bits per heavy atom. The summed E-state index contributed by atoms with van der Waals surface area (Å²) in [5.74, 6) is 0.158. The maximum Gasteiger partial charge on any atom is 0.416 e. The summed E-state index contributed by atoms with van der Waals surface area (Å²) in [6.45, 7) is 0. The molecule has 7 nitrogen and oxygen atoms in total. The number of hydrogen-bond donors (Lipinski definition) is 2. The predicted molar refractivity (Wildman–Crippen MR) is 124 cm³/mol. The van der Waals surface area contributed by atoms with Crippen LogP contribution in [0.2, 0.25) is 0 Å². The van der Waals surface area contributed by atoms with Crippen molar-refractivity contribution in [2.75, 3.05) is 32.0 Å². The number of carbonyl (C=O) groups excluding carboxylic acids is 2. The highest BCUT2D eigenvalue weighted by molar-refractivity contribution is 6.05. The van der Waals surface area contributed by atoms with E-state index in [1.807, 2.05) is 0 Å². The van der Waals surface area contributed by atoms with Crippen LogP contribution in [0.5, 0.6) is 17.2 Å². The van der Waals surface area contributed by atoms with Gasteiger partial charge in [0.05, 0.1) is 33.3 Å². The van der Waals surface area contributed by atoms with Crippen molar-refractivity contribution in [1.82, 2.24) is 0 Å². The fourth-order valence-corrected chi connectivity index (χ4v) is 3.40. The van der Waals surface area contributed by atoms with Crippen LogP contribution < -0.4 is 24.8 Å². The molecule has 0 heterocycles. The first-order chi connectivity index (χ1) is 16.7. The fourth-order valence-electron chi connectivity index (χ4n) is 3.40. The molecule has 35 heavy (non-hydrogen) atoms. The number of ether oxygens (including phenoxy) is 3. The molecule has 0 aliphatic heterocycles. The minimum absolute atomic E-state index is 0.000174. The van der Waals surface area contributed by atoms with Gasteiger partial charge in [0.2, 0.25) is 11.7 Å². The van der Waals surface area contributed by atoms with E-state index in [0.29, 0.717) is 28.5 Å². The molecule has 0 aliphatic carbocycles. The first-order valence-electron chi connectivity index (χ1n) is 10.3. The molecule has 3 rings (SSSR count). The minimum Gasteiger partial charge on any atom is -0.493 e. The quantitative estimate of drug-likeness (QED) is 0.457. The monoisotopic (exact) mass is 488 g/mol. The maximum absolute atomic E-state index is 12.9. The SMILES string of the molecule is COc1ccc(CC(=O)Nc2cccc(C(=O)Nc3cccc(C(F)(F)F)c3)c2)c(OC)c1OC. The molecule has 0 aliphatic rings. The molecule has 3 aromatic carbocycles. The van der Waals surface area contributed by atoms with E-state index >= 15 is 0 Å². The molecule has 0 saturated carbocycles. The van der Waals surface area contributed by atoms with Crippen LogP contribution >= 0.6 is 0 Å². The molecule has 3 aromatic rings. The van der Waals surface area contributed by atoms with Gasteiger partial charge in [-0.15, -0.1) is 0 Å². The summed E-state index contributed by atoms with van der Waals surface area (Å²) >= 11 is 0. The molecular formula is C25H23F3N2O5. The Bertz CT molecular complexity index is 1230. The summed E-state index contributed by atoms with van der Waals surface area (Å²) in [4.78, 5) is 25.2. The largest absolute Gasteiger partial charge is 0.493 e. The molecule has 0 saturated heterocycles. The van der Waals surface area contributed by atoms with E-state index in [1.54, 1.807) is 24.3 Å². The zero-order chi connectivity index (χ0) is 25.6. The molecule has 0 radical (unpaired) electrons. The second-order valence-electron chi connectivity index (χ2n) is 7.33. The first-order valence-corrected chi connectivity index (χ1v) is 10.3. The molecule has 0 unspecified atom stereocenters. The maximum atomic E-state index is 12.9. The summed E-state index contributed by atoms with van der Waals surface area (Å²) in [6.07, 6.45) is -4.58. The third-order valence-corrected chi connectivity index (χ3v) is 4.99. The van der Waals surface area contributed by atoms with Crippen LogP contribution in [-0.2, 0) is 17.4 Å². The Morgan fingerprint density at radius 2 is 1.46 bits per heavy atom. The summed E-state index contributed by atoms with van der Waals surface area (Å²) < 4.78 is 54.7. The second kappa shape index (κ2) is 10.8. The number of anilines is 2. The number of halogens is 3. The Hall–Kier alpha value is -4.21. The van der Waals surface area contributed by atoms with Crippen LogP contribution in [0.15, 0.2) is 60.7 Å². The van der Waals surface area contributed by atoms with E-state index in [1.165, 1.54) is 45.6 Å². The van der Waals surface area contributed by atoms with E-state index in [9.17, 15) is 22.8 Å². The number of carbonyl (C=O) groups is 2. The molecule has 0 bridgehead atoms. The van der Waals surface area contributed by atoms with Gasteiger partial charge in [0.15, 0.2) is 11.5 Å². The number of methoxy groups -OCH3 is 3. The van der Waals surface area contributed by atoms with E-state index in [0.717, 1.165) is 12.1 Å². The normalized spacial score (nSPS) is 10.9. The van der Waals surface area contributed by atoms with E-state index in [2.05, 4.69) is 10.6 Å². The minimum atomic E-state index is -4.53. The molecule has 2 N–H and O–H groups in total. The van der Waals surface area contributed by atoms with Gasteiger partial charge in [-0.3, -0.25) is 9.59 Å². The fraction of sp³-hybridized carbons (Fsp3) is 0.200. The predicted octanol–water partition coefficient (Wildman–Crippen LogP) is 5.16. The van der Waals surface area contributed by atoms with Gasteiger partial charge in [-0.2, -0.15) is 13.2 Å². The zero-order valence-electron chi connectivity index (χ0n) is 19.2. The van der Waals surface area contributed by atoms with Crippen molar-refractivity contribution in [3.05, 3.63) is 77.4 Å². The number of nitrogens with one attached hydrogen (secondary N) is 2. The lowest BCUT2D eigenvalue weighted by molar-refractivity contribution is -0.137. The molecule has 184 valence electrons. The lowest BCUT2D eigenvalue weighted by Crippen LogP contribution is -2.17. The third kappa shape index (κ3) is 6.23. The Balaban J connectivity index is 1.72. The van der Waals surface area contributed by atoms with Crippen LogP contribution in [0.4, 0.5) is 24.5 Å². The van der Waals surface area contributed by atoms with Gasteiger partial charge in [-0.25, -0.2) is 0 Å². The van der Waals surface area contributed by atoms with Gasteiger partial charge in [0, 0.05) is 22.5 Å². The van der Waals surface area contributed by atoms with Crippen LogP contribution in [0.25, 0.3) is 0 Å². The Morgan fingerprint density at radius 3 is 2.09 bits per heavy atom. The number of amides is 2. The van der Waals surface area contributed by atoms with Crippen LogP contribution in [0.1, 0.15) is 21.5 Å². The molecule has 0 fully saturated rings. The van der Waals surface area contributed by atoms with Gasteiger partial charge in [0.25, 0.3) is 5.91 Å². The van der Waals surface area contributed by atoms with Gasteiger partial charge < -0.3 is 24.8 Å².